The minimum absolute atomic E-state index is 0. The lowest BCUT2D eigenvalue weighted by Crippen LogP contribution is -2.47. The van der Waals surface area contributed by atoms with Gasteiger partial charge in [0, 0.05) is 24.0 Å². The maximum absolute atomic E-state index is 13.1. The van der Waals surface area contributed by atoms with Crippen molar-refractivity contribution < 1.29 is 4.79 Å². The van der Waals surface area contributed by atoms with E-state index in [1.165, 1.54) is 23.6 Å². The average Bonchev–Trinajstić information content (AvgIpc) is 3.14. The minimum Gasteiger partial charge on any atom is -0.351 e. The maximum atomic E-state index is 13.1. The fraction of sp³-hybridized carbons (Fsp3) is 0.409. The Labute approximate surface area is 165 Å². The molecular formula is C22H26ClN3O. The van der Waals surface area contributed by atoms with Crippen LogP contribution in [-0.2, 0) is 0 Å². The maximum Gasteiger partial charge on any atom is 0.270 e. The lowest BCUT2D eigenvalue weighted by atomic mass is 9.71. The Morgan fingerprint density at radius 3 is 2.44 bits per heavy atom. The summed E-state index contributed by atoms with van der Waals surface area (Å²) < 4.78 is 0. The molecule has 2 aromatic carbocycles. The van der Waals surface area contributed by atoms with E-state index in [2.05, 4.69) is 46.7 Å². The summed E-state index contributed by atoms with van der Waals surface area (Å²) >= 11 is 0. The molecule has 5 rings (SSSR count). The molecule has 5 heteroatoms. The SMILES string of the molecule is Cl.O=C(c1cc2c(ccc3ccccc32)[nH]1)N1CCC2(CCNCC2)CC1. The molecule has 0 saturated carbocycles. The number of hydrogen-bond donors (Lipinski definition) is 2. The Bertz CT molecular complexity index is 964. The molecule has 0 aliphatic carbocycles. The van der Waals surface area contributed by atoms with E-state index in [9.17, 15) is 4.79 Å². The zero-order valence-corrected chi connectivity index (χ0v) is 16.3. The van der Waals surface area contributed by atoms with Gasteiger partial charge in [0.2, 0.25) is 0 Å². The van der Waals surface area contributed by atoms with Crippen molar-refractivity contribution in [2.24, 2.45) is 5.41 Å². The van der Waals surface area contributed by atoms with Crippen LogP contribution in [0.2, 0.25) is 0 Å². The number of nitrogens with one attached hydrogen (secondary N) is 2. The molecule has 0 atom stereocenters. The van der Waals surface area contributed by atoms with Crippen LogP contribution in [0.25, 0.3) is 21.7 Å². The molecule has 2 fully saturated rings. The third kappa shape index (κ3) is 3.21. The van der Waals surface area contributed by atoms with Crippen LogP contribution in [0, 0.1) is 5.41 Å². The summed E-state index contributed by atoms with van der Waals surface area (Å²) in [6, 6.07) is 14.6. The number of carbonyl (C=O) groups excluding carboxylic acids is 1. The summed E-state index contributed by atoms with van der Waals surface area (Å²) in [6.07, 6.45) is 4.80. The molecular weight excluding hydrogens is 358 g/mol. The second-order valence-corrected chi connectivity index (χ2v) is 7.97. The second-order valence-electron chi connectivity index (χ2n) is 7.97. The average molecular weight is 384 g/mol. The standard InChI is InChI=1S/C22H25N3O.ClH/c26-21(25-13-9-22(10-14-25)7-11-23-12-8-22)20-15-18-17-4-2-1-3-16(17)5-6-19(18)24-20;/h1-6,15,23-24H,7-14H2;1H. The number of benzene rings is 2. The van der Waals surface area contributed by atoms with Crippen molar-refractivity contribution in [3.8, 4) is 0 Å². The lowest BCUT2D eigenvalue weighted by Gasteiger charge is -2.44. The first-order chi connectivity index (χ1) is 12.7. The number of halogens is 1. The molecule has 2 saturated heterocycles. The van der Waals surface area contributed by atoms with Gasteiger partial charge in [-0.2, -0.15) is 0 Å². The highest BCUT2D eigenvalue weighted by atomic mass is 35.5. The summed E-state index contributed by atoms with van der Waals surface area (Å²) in [7, 11) is 0. The summed E-state index contributed by atoms with van der Waals surface area (Å²) in [5.41, 5.74) is 2.23. The number of aromatic amines is 1. The molecule has 0 bridgehead atoms. The monoisotopic (exact) mass is 383 g/mol. The second kappa shape index (κ2) is 7.17. The molecule has 3 heterocycles. The van der Waals surface area contributed by atoms with E-state index in [0.717, 1.165) is 55.6 Å². The van der Waals surface area contributed by atoms with Gasteiger partial charge in [-0.05, 0) is 67.1 Å². The van der Waals surface area contributed by atoms with Gasteiger partial charge in [0.15, 0.2) is 0 Å². The molecule has 4 nitrogen and oxygen atoms in total. The summed E-state index contributed by atoms with van der Waals surface area (Å²) in [6.45, 7) is 4.02. The van der Waals surface area contributed by atoms with Crippen LogP contribution < -0.4 is 5.32 Å². The molecule has 2 aliphatic heterocycles. The first kappa shape index (κ1) is 18.3. The highest BCUT2D eigenvalue weighted by Gasteiger charge is 2.37. The molecule has 1 aromatic heterocycles. The predicted octanol–water partition coefficient (Wildman–Crippen LogP) is 4.35. The van der Waals surface area contributed by atoms with Gasteiger partial charge in [0.1, 0.15) is 5.69 Å². The predicted molar refractivity (Wildman–Crippen MR) is 113 cm³/mol. The Morgan fingerprint density at radius 2 is 1.67 bits per heavy atom. The van der Waals surface area contributed by atoms with Crippen molar-refractivity contribution in [1.29, 1.82) is 0 Å². The smallest absolute Gasteiger partial charge is 0.270 e. The third-order valence-corrected chi connectivity index (χ3v) is 6.53. The number of rotatable bonds is 1. The number of piperidine rings is 2. The van der Waals surface area contributed by atoms with E-state index in [-0.39, 0.29) is 18.3 Å². The van der Waals surface area contributed by atoms with Gasteiger partial charge in [0.25, 0.3) is 5.91 Å². The molecule has 0 radical (unpaired) electrons. The molecule has 142 valence electrons. The van der Waals surface area contributed by atoms with Crippen molar-refractivity contribution in [3.63, 3.8) is 0 Å². The Hall–Kier alpha value is -2.04. The van der Waals surface area contributed by atoms with Crippen molar-refractivity contribution in [3.05, 3.63) is 48.2 Å². The van der Waals surface area contributed by atoms with Crippen LogP contribution in [0.4, 0.5) is 0 Å². The normalized spacial score (nSPS) is 19.3. The van der Waals surface area contributed by atoms with Gasteiger partial charge in [-0.3, -0.25) is 4.79 Å². The van der Waals surface area contributed by atoms with Gasteiger partial charge in [-0.15, -0.1) is 12.4 Å². The molecule has 27 heavy (non-hydrogen) atoms. The number of likely N-dealkylation sites (tertiary alicyclic amines) is 1. The first-order valence-corrected chi connectivity index (χ1v) is 9.75. The van der Waals surface area contributed by atoms with E-state index < -0.39 is 0 Å². The summed E-state index contributed by atoms with van der Waals surface area (Å²) in [5, 5.41) is 7.01. The number of hydrogen-bond acceptors (Lipinski definition) is 2. The largest absolute Gasteiger partial charge is 0.351 e. The topological polar surface area (TPSA) is 48.1 Å². The van der Waals surface area contributed by atoms with E-state index in [1.807, 2.05) is 11.0 Å². The van der Waals surface area contributed by atoms with E-state index >= 15 is 0 Å². The number of carbonyl (C=O) groups is 1. The van der Waals surface area contributed by atoms with Gasteiger partial charge in [-0.1, -0.05) is 30.3 Å². The minimum atomic E-state index is 0. The van der Waals surface area contributed by atoms with Crippen molar-refractivity contribution in [1.82, 2.24) is 15.2 Å². The highest BCUT2D eigenvalue weighted by Crippen LogP contribution is 2.39. The van der Waals surface area contributed by atoms with Crippen molar-refractivity contribution >= 4 is 40.0 Å². The zero-order valence-electron chi connectivity index (χ0n) is 15.5. The van der Waals surface area contributed by atoms with E-state index in [0.29, 0.717) is 5.41 Å². The van der Waals surface area contributed by atoms with E-state index in [1.54, 1.807) is 0 Å². The van der Waals surface area contributed by atoms with Crippen LogP contribution >= 0.6 is 12.4 Å². The number of amides is 1. The number of nitrogens with zero attached hydrogens (tertiary/aromatic N) is 1. The molecule has 2 N–H and O–H groups in total. The fourth-order valence-electron chi connectivity index (χ4n) is 4.81. The van der Waals surface area contributed by atoms with Crippen LogP contribution in [-0.4, -0.2) is 42.0 Å². The molecule has 2 aliphatic rings. The quantitative estimate of drug-likeness (QED) is 0.656. The fourth-order valence-corrected chi connectivity index (χ4v) is 4.81. The van der Waals surface area contributed by atoms with Gasteiger partial charge in [0.05, 0.1) is 0 Å². The Kier molecular flexibility index (Phi) is 4.87. The van der Waals surface area contributed by atoms with Crippen LogP contribution in [0.3, 0.4) is 0 Å². The number of fused-ring (bicyclic) bond motifs is 3. The van der Waals surface area contributed by atoms with E-state index in [4.69, 9.17) is 0 Å². The van der Waals surface area contributed by atoms with Crippen LogP contribution in [0.15, 0.2) is 42.5 Å². The number of aromatic nitrogens is 1. The van der Waals surface area contributed by atoms with Crippen molar-refractivity contribution in [2.45, 2.75) is 25.7 Å². The first-order valence-electron chi connectivity index (χ1n) is 9.75. The van der Waals surface area contributed by atoms with Crippen LogP contribution in [0.5, 0.6) is 0 Å². The Morgan fingerprint density at radius 1 is 0.926 bits per heavy atom. The lowest BCUT2D eigenvalue weighted by molar-refractivity contribution is 0.0491. The number of H-pyrrole nitrogens is 1. The van der Waals surface area contributed by atoms with Gasteiger partial charge in [-0.25, -0.2) is 0 Å². The summed E-state index contributed by atoms with van der Waals surface area (Å²) in [5.74, 6) is 0.147. The molecule has 3 aromatic rings. The van der Waals surface area contributed by atoms with Crippen LogP contribution in [0.1, 0.15) is 36.2 Å². The van der Waals surface area contributed by atoms with Gasteiger partial charge >= 0.3 is 0 Å². The van der Waals surface area contributed by atoms with Gasteiger partial charge < -0.3 is 15.2 Å². The molecule has 0 unspecified atom stereocenters. The summed E-state index contributed by atoms with van der Waals surface area (Å²) in [4.78, 5) is 18.5. The highest BCUT2D eigenvalue weighted by molar-refractivity contribution is 6.09. The Balaban J connectivity index is 0.00000180. The van der Waals surface area contributed by atoms with Crippen molar-refractivity contribution in [2.75, 3.05) is 26.2 Å². The molecule has 1 amide bonds. The molecule has 1 spiro atoms. The third-order valence-electron chi connectivity index (χ3n) is 6.53. The zero-order chi connectivity index (χ0) is 17.6.